The maximum Gasteiger partial charge on any atom is 0.416 e. The van der Waals surface area contributed by atoms with Gasteiger partial charge in [-0.25, -0.2) is 14.8 Å². The number of nitrogens with two attached hydrogens (primary N) is 1. The second-order valence-corrected chi connectivity index (χ2v) is 10.2. The van der Waals surface area contributed by atoms with Crippen molar-refractivity contribution in [2.24, 2.45) is 11.7 Å². The highest BCUT2D eigenvalue weighted by Gasteiger charge is 2.52. The van der Waals surface area contributed by atoms with Crippen LogP contribution in [0, 0.1) is 5.92 Å². The summed E-state index contributed by atoms with van der Waals surface area (Å²) in [5, 5.41) is 6.97. The van der Waals surface area contributed by atoms with Crippen LogP contribution in [0.3, 0.4) is 0 Å². The lowest BCUT2D eigenvalue weighted by Crippen LogP contribution is -2.58. The molecule has 184 valence electrons. The molecule has 0 bridgehead atoms. The van der Waals surface area contributed by atoms with E-state index in [2.05, 4.69) is 26.7 Å². The van der Waals surface area contributed by atoms with Crippen molar-refractivity contribution in [3.63, 3.8) is 0 Å². The van der Waals surface area contributed by atoms with Gasteiger partial charge in [0, 0.05) is 18.3 Å². The molecule has 6 rings (SSSR count). The third kappa shape index (κ3) is 4.09. The third-order valence-electron chi connectivity index (χ3n) is 7.60. The maximum absolute atomic E-state index is 12.8. The number of amides is 2. The van der Waals surface area contributed by atoms with Gasteiger partial charge in [-0.3, -0.25) is 9.69 Å². The first kappa shape index (κ1) is 22.5. The normalized spacial score (nSPS) is 29.4. The summed E-state index contributed by atoms with van der Waals surface area (Å²) in [6, 6.07) is 5.40. The van der Waals surface area contributed by atoms with Crippen LogP contribution in [-0.2, 0) is 22.4 Å². The van der Waals surface area contributed by atoms with Gasteiger partial charge in [0.2, 0.25) is 0 Å². The van der Waals surface area contributed by atoms with E-state index in [0.717, 1.165) is 25.8 Å². The number of pyridine rings is 2. The molecule has 10 nitrogen and oxygen atoms in total. The lowest BCUT2D eigenvalue weighted by molar-refractivity contribution is -0.118. The molecular weight excluding hydrogens is 472 g/mol. The molecule has 2 amide bonds. The van der Waals surface area contributed by atoms with Gasteiger partial charge in [0.1, 0.15) is 16.6 Å². The van der Waals surface area contributed by atoms with Gasteiger partial charge in [-0.1, -0.05) is 11.6 Å². The summed E-state index contributed by atoms with van der Waals surface area (Å²) in [6.07, 6.45) is 5.47. The molecule has 0 radical (unpaired) electrons. The Bertz CT molecular complexity index is 1190. The molecule has 4 heterocycles. The SMILES string of the molecule is NC1CC(NCC2Cc3ccnc(Cl)c3C2)CCC12CN(c1ccc3c(n1)NC(=O)CO3)C(=O)O2. The van der Waals surface area contributed by atoms with Gasteiger partial charge in [0.25, 0.3) is 5.91 Å². The molecule has 4 N–H and O–H groups in total. The molecule has 2 fully saturated rings. The number of anilines is 2. The van der Waals surface area contributed by atoms with Gasteiger partial charge < -0.3 is 25.8 Å². The molecule has 2 aliphatic heterocycles. The highest BCUT2D eigenvalue weighted by molar-refractivity contribution is 6.30. The smallest absolute Gasteiger partial charge is 0.416 e. The summed E-state index contributed by atoms with van der Waals surface area (Å²) in [6.45, 7) is 1.16. The minimum Gasteiger partial charge on any atom is -0.480 e. The predicted octanol–water partition coefficient (Wildman–Crippen LogP) is 2.04. The first-order valence-corrected chi connectivity index (χ1v) is 12.3. The van der Waals surface area contributed by atoms with Crippen molar-refractivity contribution in [2.75, 3.05) is 29.9 Å². The number of rotatable bonds is 4. The first-order valence-electron chi connectivity index (χ1n) is 12.0. The van der Waals surface area contributed by atoms with Crippen LogP contribution in [0.25, 0.3) is 0 Å². The van der Waals surface area contributed by atoms with Crippen molar-refractivity contribution in [1.82, 2.24) is 15.3 Å². The van der Waals surface area contributed by atoms with Gasteiger partial charge in [-0.05, 0) is 73.9 Å². The molecule has 2 aliphatic carbocycles. The number of hydrogen-bond acceptors (Lipinski definition) is 8. The Hall–Kier alpha value is -2.95. The molecule has 1 spiro atoms. The average Bonchev–Trinajstić information content (AvgIpc) is 3.42. The Labute approximate surface area is 207 Å². The molecule has 2 aromatic rings. The first-order chi connectivity index (χ1) is 16.9. The van der Waals surface area contributed by atoms with Crippen LogP contribution < -0.4 is 26.0 Å². The highest BCUT2D eigenvalue weighted by Crippen LogP contribution is 2.39. The summed E-state index contributed by atoms with van der Waals surface area (Å²) in [4.78, 5) is 34.5. The minimum absolute atomic E-state index is 0.0500. The van der Waals surface area contributed by atoms with Crippen molar-refractivity contribution in [3.05, 3.63) is 40.7 Å². The zero-order valence-electron chi connectivity index (χ0n) is 19.1. The van der Waals surface area contributed by atoms with Crippen molar-refractivity contribution in [3.8, 4) is 5.75 Å². The van der Waals surface area contributed by atoms with E-state index in [1.165, 1.54) is 16.0 Å². The fraction of sp³-hybridized carbons (Fsp3) is 0.500. The quantitative estimate of drug-likeness (QED) is 0.546. The molecule has 4 atom stereocenters. The van der Waals surface area contributed by atoms with Crippen LogP contribution in [-0.4, -0.2) is 59.3 Å². The van der Waals surface area contributed by atoms with Crippen molar-refractivity contribution >= 4 is 35.2 Å². The van der Waals surface area contributed by atoms with E-state index < -0.39 is 11.7 Å². The molecular formula is C24H27ClN6O4. The fourth-order valence-corrected chi connectivity index (χ4v) is 5.94. The van der Waals surface area contributed by atoms with Crippen molar-refractivity contribution in [2.45, 2.75) is 49.8 Å². The van der Waals surface area contributed by atoms with E-state index >= 15 is 0 Å². The fourth-order valence-electron chi connectivity index (χ4n) is 5.68. The lowest BCUT2D eigenvalue weighted by Gasteiger charge is -2.40. The third-order valence-corrected chi connectivity index (χ3v) is 7.93. The number of fused-ring (bicyclic) bond motifs is 2. The van der Waals surface area contributed by atoms with Crippen LogP contribution in [0.5, 0.6) is 5.75 Å². The Balaban J connectivity index is 1.07. The van der Waals surface area contributed by atoms with Gasteiger partial charge in [0.15, 0.2) is 18.2 Å². The average molecular weight is 499 g/mol. The standard InChI is InChI=1S/C24H27ClN6O4/c25-21-16-8-13(7-14(16)4-6-27-21)10-28-15-3-5-24(18(26)9-15)12-31(23(33)35-24)19-2-1-17-22(29-19)30-20(32)11-34-17/h1-2,4,6,13,15,18,28H,3,5,7-12,26H2,(H,29,30,32). The predicted molar refractivity (Wildman–Crippen MR) is 129 cm³/mol. The molecule has 11 heteroatoms. The van der Waals surface area contributed by atoms with Gasteiger partial charge >= 0.3 is 6.09 Å². The second-order valence-electron chi connectivity index (χ2n) is 9.87. The van der Waals surface area contributed by atoms with Gasteiger partial charge in [0.05, 0.1) is 6.54 Å². The van der Waals surface area contributed by atoms with Crippen molar-refractivity contribution < 1.29 is 19.1 Å². The number of hydrogen-bond donors (Lipinski definition) is 3. The van der Waals surface area contributed by atoms with Crippen LogP contribution in [0.1, 0.15) is 30.4 Å². The van der Waals surface area contributed by atoms with Crippen LogP contribution in [0.2, 0.25) is 5.15 Å². The Kier molecular flexibility index (Phi) is 5.54. The summed E-state index contributed by atoms with van der Waals surface area (Å²) < 4.78 is 11.2. The Morgan fingerprint density at radius 2 is 2.17 bits per heavy atom. The molecule has 1 saturated heterocycles. The summed E-state index contributed by atoms with van der Waals surface area (Å²) in [7, 11) is 0. The van der Waals surface area contributed by atoms with E-state index in [-0.39, 0.29) is 24.6 Å². The van der Waals surface area contributed by atoms with E-state index in [0.29, 0.717) is 47.8 Å². The minimum atomic E-state index is -0.755. The summed E-state index contributed by atoms with van der Waals surface area (Å²) in [5.41, 5.74) is 8.30. The number of nitrogens with one attached hydrogen (secondary N) is 2. The number of aromatic nitrogens is 2. The van der Waals surface area contributed by atoms with E-state index in [9.17, 15) is 9.59 Å². The number of carbonyl (C=O) groups excluding carboxylic acids is 2. The highest BCUT2D eigenvalue weighted by atomic mass is 35.5. The van der Waals surface area contributed by atoms with Crippen LogP contribution in [0.15, 0.2) is 24.4 Å². The summed E-state index contributed by atoms with van der Waals surface area (Å²) in [5.74, 6) is 1.38. The second kappa shape index (κ2) is 8.61. The number of ether oxygens (including phenoxy) is 2. The lowest BCUT2D eigenvalue weighted by atomic mass is 9.78. The van der Waals surface area contributed by atoms with E-state index in [1.54, 1.807) is 18.3 Å². The Morgan fingerprint density at radius 3 is 3.00 bits per heavy atom. The number of carbonyl (C=O) groups is 2. The van der Waals surface area contributed by atoms with Gasteiger partial charge in [-0.2, -0.15) is 0 Å². The van der Waals surface area contributed by atoms with Gasteiger partial charge in [-0.15, -0.1) is 0 Å². The zero-order valence-corrected chi connectivity index (χ0v) is 19.9. The summed E-state index contributed by atoms with van der Waals surface area (Å²) >= 11 is 6.26. The largest absolute Gasteiger partial charge is 0.480 e. The number of nitrogens with zero attached hydrogens (tertiary/aromatic N) is 3. The molecule has 1 saturated carbocycles. The topological polar surface area (TPSA) is 132 Å². The van der Waals surface area contributed by atoms with Crippen LogP contribution in [0.4, 0.5) is 16.4 Å². The zero-order chi connectivity index (χ0) is 24.2. The van der Waals surface area contributed by atoms with E-state index in [4.69, 9.17) is 26.8 Å². The molecule has 4 unspecified atom stereocenters. The van der Waals surface area contributed by atoms with Crippen LogP contribution >= 0.6 is 11.6 Å². The molecule has 0 aromatic carbocycles. The molecule has 4 aliphatic rings. The molecule has 35 heavy (non-hydrogen) atoms. The maximum atomic E-state index is 12.8. The van der Waals surface area contributed by atoms with Crippen molar-refractivity contribution in [1.29, 1.82) is 0 Å². The number of halogens is 1. The monoisotopic (exact) mass is 498 g/mol. The molecule has 2 aromatic heterocycles. The Morgan fingerprint density at radius 1 is 1.29 bits per heavy atom. The van der Waals surface area contributed by atoms with E-state index in [1.807, 2.05) is 0 Å².